The molecule has 2 aliphatic heterocycles. The summed E-state index contributed by atoms with van der Waals surface area (Å²) in [6.45, 7) is 5.84. The number of carbonyl (C=O) groups is 2. The van der Waals surface area contributed by atoms with E-state index in [2.05, 4.69) is 15.5 Å². The highest BCUT2D eigenvalue weighted by atomic mass is 32.2. The van der Waals surface area contributed by atoms with Crippen LogP contribution in [0.25, 0.3) is 0 Å². The molecule has 25 heavy (non-hydrogen) atoms. The standard InChI is InChI=1S/C19H25N3O2S/c1-18(17(24)21-14-6-2-3-7-15(14)25-18)16(23)20-12-19(8-9-19)13-22-10-4-5-11-22/h2-3,6-7H,4-5,8-13H2,1H3,(H,20,23)(H,21,24). The number of fused-ring (bicyclic) bond motifs is 1. The van der Waals surface area contributed by atoms with Crippen LogP contribution >= 0.6 is 11.8 Å². The van der Waals surface area contributed by atoms with E-state index in [1.54, 1.807) is 6.92 Å². The number of hydrogen-bond acceptors (Lipinski definition) is 4. The molecule has 1 atom stereocenters. The quantitative estimate of drug-likeness (QED) is 0.793. The summed E-state index contributed by atoms with van der Waals surface area (Å²) in [7, 11) is 0. The van der Waals surface area contributed by atoms with Gasteiger partial charge >= 0.3 is 0 Å². The van der Waals surface area contributed by atoms with Crippen LogP contribution in [0.5, 0.6) is 0 Å². The lowest BCUT2D eigenvalue weighted by atomic mass is 10.0. The van der Waals surface area contributed by atoms with Gasteiger partial charge in [-0.05, 0) is 57.8 Å². The van der Waals surface area contributed by atoms with Crippen LogP contribution in [-0.2, 0) is 9.59 Å². The van der Waals surface area contributed by atoms with E-state index in [1.165, 1.54) is 50.5 Å². The minimum Gasteiger partial charge on any atom is -0.354 e. The van der Waals surface area contributed by atoms with Crippen molar-refractivity contribution >= 4 is 29.3 Å². The zero-order chi connectivity index (χ0) is 17.5. The minimum absolute atomic E-state index is 0.183. The van der Waals surface area contributed by atoms with Crippen molar-refractivity contribution in [2.45, 2.75) is 42.2 Å². The Morgan fingerprint density at radius 1 is 1.28 bits per heavy atom. The van der Waals surface area contributed by atoms with Crippen molar-refractivity contribution in [3.05, 3.63) is 24.3 Å². The van der Waals surface area contributed by atoms with E-state index < -0.39 is 4.75 Å². The molecular formula is C19H25N3O2S. The molecule has 1 aliphatic carbocycles. The zero-order valence-electron chi connectivity index (χ0n) is 14.6. The van der Waals surface area contributed by atoms with Crippen molar-refractivity contribution < 1.29 is 9.59 Å². The molecule has 1 unspecified atom stereocenters. The molecule has 0 aromatic heterocycles. The summed E-state index contributed by atoms with van der Waals surface area (Å²) >= 11 is 1.34. The summed E-state index contributed by atoms with van der Waals surface area (Å²) in [4.78, 5) is 28.8. The predicted octanol–water partition coefficient (Wildman–Crippen LogP) is 2.48. The Bertz CT molecular complexity index is 698. The molecule has 5 nitrogen and oxygen atoms in total. The van der Waals surface area contributed by atoms with Gasteiger partial charge in [0.15, 0.2) is 4.75 Å². The van der Waals surface area contributed by atoms with Gasteiger partial charge < -0.3 is 15.5 Å². The molecular weight excluding hydrogens is 334 g/mol. The largest absolute Gasteiger partial charge is 0.354 e. The lowest BCUT2D eigenvalue weighted by Gasteiger charge is -2.32. The van der Waals surface area contributed by atoms with Crippen LogP contribution in [0.2, 0.25) is 0 Å². The molecule has 6 heteroatoms. The molecule has 134 valence electrons. The number of anilines is 1. The third-order valence-electron chi connectivity index (χ3n) is 5.65. The summed E-state index contributed by atoms with van der Waals surface area (Å²) in [5.41, 5.74) is 1.01. The molecule has 2 N–H and O–H groups in total. The normalized spacial score (nSPS) is 27.5. The van der Waals surface area contributed by atoms with E-state index in [9.17, 15) is 9.59 Å². The average Bonchev–Trinajstić information content (AvgIpc) is 3.17. The summed E-state index contributed by atoms with van der Waals surface area (Å²) in [6, 6.07) is 7.63. The molecule has 1 saturated heterocycles. The molecule has 2 amide bonds. The van der Waals surface area contributed by atoms with Crippen molar-refractivity contribution in [2.75, 3.05) is 31.5 Å². The number of likely N-dealkylation sites (tertiary alicyclic amines) is 1. The number of amides is 2. The Morgan fingerprint density at radius 2 is 2.00 bits per heavy atom. The number of para-hydroxylation sites is 1. The van der Waals surface area contributed by atoms with Crippen LogP contribution in [0.4, 0.5) is 5.69 Å². The molecule has 0 radical (unpaired) electrons. The third-order valence-corrected chi connectivity index (χ3v) is 7.01. The van der Waals surface area contributed by atoms with Gasteiger partial charge in [0, 0.05) is 23.4 Å². The van der Waals surface area contributed by atoms with E-state index in [4.69, 9.17) is 0 Å². The fourth-order valence-electron chi connectivity index (χ4n) is 3.74. The van der Waals surface area contributed by atoms with Crippen molar-refractivity contribution in [2.24, 2.45) is 5.41 Å². The van der Waals surface area contributed by atoms with Gasteiger partial charge in [-0.1, -0.05) is 23.9 Å². The maximum Gasteiger partial charge on any atom is 0.250 e. The highest BCUT2D eigenvalue weighted by molar-refractivity contribution is 8.02. The van der Waals surface area contributed by atoms with E-state index in [1.807, 2.05) is 24.3 Å². The highest BCUT2D eigenvalue weighted by Gasteiger charge is 2.48. The Labute approximate surface area is 152 Å². The highest BCUT2D eigenvalue weighted by Crippen LogP contribution is 2.47. The van der Waals surface area contributed by atoms with E-state index >= 15 is 0 Å². The molecule has 1 aromatic carbocycles. The number of nitrogens with one attached hydrogen (secondary N) is 2. The van der Waals surface area contributed by atoms with E-state index in [0.717, 1.165) is 17.1 Å². The Balaban J connectivity index is 1.40. The third kappa shape index (κ3) is 3.29. The molecule has 3 aliphatic rings. The first-order valence-corrected chi connectivity index (χ1v) is 9.93. The second-order valence-corrected chi connectivity index (χ2v) is 9.21. The summed E-state index contributed by atoms with van der Waals surface area (Å²) in [6.07, 6.45) is 4.92. The molecule has 2 fully saturated rings. The van der Waals surface area contributed by atoms with Crippen LogP contribution in [0.15, 0.2) is 29.2 Å². The van der Waals surface area contributed by atoms with Crippen LogP contribution in [0.1, 0.15) is 32.6 Å². The summed E-state index contributed by atoms with van der Waals surface area (Å²) < 4.78 is -1.11. The van der Waals surface area contributed by atoms with Crippen molar-refractivity contribution in [3.63, 3.8) is 0 Å². The van der Waals surface area contributed by atoms with Crippen molar-refractivity contribution in [1.82, 2.24) is 10.2 Å². The zero-order valence-corrected chi connectivity index (χ0v) is 15.5. The number of nitrogens with zero attached hydrogens (tertiary/aromatic N) is 1. The fourth-order valence-corrected chi connectivity index (χ4v) is 4.86. The summed E-state index contributed by atoms with van der Waals surface area (Å²) in [5.74, 6) is -0.421. The predicted molar refractivity (Wildman–Crippen MR) is 99.7 cm³/mol. The molecule has 0 bridgehead atoms. The summed E-state index contributed by atoms with van der Waals surface area (Å²) in [5, 5.41) is 5.96. The molecule has 1 aromatic rings. The number of benzene rings is 1. The SMILES string of the molecule is CC1(C(=O)NCC2(CN3CCCC3)CC2)Sc2ccccc2NC1=O. The van der Waals surface area contributed by atoms with Gasteiger partial charge in [-0.15, -0.1) is 0 Å². The van der Waals surface area contributed by atoms with Gasteiger partial charge in [-0.25, -0.2) is 0 Å². The first-order valence-electron chi connectivity index (χ1n) is 9.11. The average molecular weight is 359 g/mol. The molecule has 2 heterocycles. The maximum absolute atomic E-state index is 12.8. The number of carbonyl (C=O) groups excluding carboxylic acids is 2. The van der Waals surface area contributed by atoms with E-state index in [0.29, 0.717) is 6.54 Å². The number of rotatable bonds is 5. The first-order chi connectivity index (χ1) is 12.0. The van der Waals surface area contributed by atoms with Crippen molar-refractivity contribution in [3.8, 4) is 0 Å². The van der Waals surface area contributed by atoms with Gasteiger partial charge in [0.2, 0.25) is 11.8 Å². The fraction of sp³-hybridized carbons (Fsp3) is 0.579. The first kappa shape index (κ1) is 16.9. The Kier molecular flexibility index (Phi) is 4.28. The minimum atomic E-state index is -1.11. The van der Waals surface area contributed by atoms with Crippen LogP contribution in [0.3, 0.4) is 0 Å². The lowest BCUT2D eigenvalue weighted by Crippen LogP contribution is -2.53. The molecule has 4 rings (SSSR count). The van der Waals surface area contributed by atoms with Crippen LogP contribution in [0, 0.1) is 5.41 Å². The van der Waals surface area contributed by atoms with Crippen LogP contribution < -0.4 is 10.6 Å². The second kappa shape index (κ2) is 6.32. The number of hydrogen-bond donors (Lipinski definition) is 2. The Morgan fingerprint density at radius 3 is 2.72 bits per heavy atom. The van der Waals surface area contributed by atoms with Gasteiger partial charge in [-0.3, -0.25) is 9.59 Å². The van der Waals surface area contributed by atoms with Gasteiger partial charge in [0.1, 0.15) is 0 Å². The van der Waals surface area contributed by atoms with Gasteiger partial charge in [0.25, 0.3) is 0 Å². The topological polar surface area (TPSA) is 61.4 Å². The van der Waals surface area contributed by atoms with Crippen LogP contribution in [-0.4, -0.2) is 47.6 Å². The number of thioether (sulfide) groups is 1. The lowest BCUT2D eigenvalue weighted by molar-refractivity contribution is -0.130. The van der Waals surface area contributed by atoms with Gasteiger partial charge in [-0.2, -0.15) is 0 Å². The second-order valence-electron chi connectivity index (χ2n) is 7.75. The Hall–Kier alpha value is -1.53. The molecule has 0 spiro atoms. The monoisotopic (exact) mass is 359 g/mol. The van der Waals surface area contributed by atoms with E-state index in [-0.39, 0.29) is 17.2 Å². The maximum atomic E-state index is 12.8. The molecule has 1 saturated carbocycles. The van der Waals surface area contributed by atoms with Gasteiger partial charge in [0.05, 0.1) is 5.69 Å². The smallest absolute Gasteiger partial charge is 0.250 e. The van der Waals surface area contributed by atoms with Crippen molar-refractivity contribution in [1.29, 1.82) is 0 Å².